The molecule has 1 heterocycles. The predicted molar refractivity (Wildman–Crippen MR) is 28.8 cm³/mol. The quantitative estimate of drug-likeness (QED) is 0.378. The summed E-state index contributed by atoms with van der Waals surface area (Å²) < 4.78 is 22.9. The molecule has 0 aromatic carbocycles. The van der Waals surface area contributed by atoms with Crippen molar-refractivity contribution >= 4 is 19.8 Å². The largest absolute Gasteiger partial charge is 0.323 e. The summed E-state index contributed by atoms with van der Waals surface area (Å²) in [5.74, 6) is 0. The normalized spacial score (nSPS) is 24.6. The van der Waals surface area contributed by atoms with E-state index in [1.54, 1.807) is 0 Å². The zero-order chi connectivity index (χ0) is 5.33. The monoisotopic (exact) mass is 137 g/mol. The molecule has 0 aromatic rings. The van der Waals surface area contributed by atoms with Crippen molar-refractivity contribution in [3.63, 3.8) is 0 Å². The minimum atomic E-state index is -2.92. The first-order valence-electron chi connectivity index (χ1n) is 1.56. The van der Waals surface area contributed by atoms with Crippen molar-refractivity contribution in [3.8, 4) is 0 Å². The van der Waals surface area contributed by atoms with Crippen molar-refractivity contribution < 1.29 is 8.42 Å². The molecule has 1 rings (SSSR count). The highest BCUT2D eigenvalue weighted by Crippen LogP contribution is 2.14. The van der Waals surface area contributed by atoms with Crippen molar-refractivity contribution in [1.82, 2.24) is 4.72 Å². The second-order valence-electron chi connectivity index (χ2n) is 0.997. The lowest BCUT2D eigenvalue weighted by Gasteiger charge is -1.80. The Kier molecular flexibility index (Phi) is 1.01. The summed E-state index contributed by atoms with van der Waals surface area (Å²) >= 11 is 0. The zero-order valence-corrected chi connectivity index (χ0v) is 4.92. The highest BCUT2D eigenvalue weighted by molar-refractivity contribution is 8.72. The fraction of sp³-hybridized carbons (Fsp3) is 0. The molecule has 0 fully saturated rings. The Bertz CT molecular complexity index is 180. The van der Waals surface area contributed by atoms with Gasteiger partial charge in [-0.15, -0.1) is 0 Å². The third kappa shape index (κ3) is 1.10. The average Bonchev–Trinajstić information content (AvgIpc) is 1.84. The molecule has 0 saturated heterocycles. The predicted octanol–water partition coefficient (Wildman–Crippen LogP) is 0.0388. The van der Waals surface area contributed by atoms with Gasteiger partial charge in [0.25, 0.3) is 0 Å². The van der Waals surface area contributed by atoms with Crippen LogP contribution in [0.15, 0.2) is 11.6 Å². The van der Waals surface area contributed by atoms with Gasteiger partial charge in [-0.05, 0) is 0 Å². The Hall–Kier alpha value is -0.160. The molecule has 1 aliphatic heterocycles. The van der Waals surface area contributed by atoms with Crippen LogP contribution in [0.5, 0.6) is 0 Å². The Morgan fingerprint density at radius 2 is 2.29 bits per heavy atom. The van der Waals surface area contributed by atoms with Crippen LogP contribution < -0.4 is 4.72 Å². The summed E-state index contributed by atoms with van der Waals surface area (Å²) in [6.45, 7) is 0. The maximum atomic E-state index is 10.2. The van der Waals surface area contributed by atoms with E-state index < -0.39 is 8.87 Å². The standard InChI is InChI=1S/C2H3NO2S2/c4-7(5)2-1-3-6-7/h1-3H. The molecule has 7 heavy (non-hydrogen) atoms. The number of hydrogen-bond acceptors (Lipinski definition) is 4. The molecular weight excluding hydrogens is 134 g/mol. The third-order valence-electron chi connectivity index (χ3n) is 0.467. The minimum absolute atomic E-state index is 0.711. The van der Waals surface area contributed by atoms with E-state index in [-0.39, 0.29) is 0 Å². The van der Waals surface area contributed by atoms with Crippen molar-refractivity contribution in [3.05, 3.63) is 11.6 Å². The molecule has 5 heteroatoms. The van der Waals surface area contributed by atoms with Crippen LogP contribution in [0.1, 0.15) is 0 Å². The van der Waals surface area contributed by atoms with Gasteiger partial charge in [-0.1, -0.05) is 0 Å². The van der Waals surface area contributed by atoms with Gasteiger partial charge >= 0.3 is 0 Å². The molecule has 3 nitrogen and oxygen atoms in total. The van der Waals surface area contributed by atoms with Crippen LogP contribution in [-0.4, -0.2) is 8.42 Å². The van der Waals surface area contributed by atoms with Gasteiger partial charge in [-0.2, -0.15) is 0 Å². The topological polar surface area (TPSA) is 46.2 Å². The SMILES string of the molecule is O=S1(=O)C=CNS1. The molecule has 0 spiro atoms. The van der Waals surface area contributed by atoms with Gasteiger partial charge in [0.05, 0.1) is 16.4 Å². The van der Waals surface area contributed by atoms with Gasteiger partial charge < -0.3 is 4.72 Å². The van der Waals surface area contributed by atoms with E-state index in [0.717, 1.165) is 5.41 Å². The molecule has 1 aliphatic rings. The molecule has 0 aromatic heterocycles. The lowest BCUT2D eigenvalue weighted by molar-refractivity contribution is 0.618. The van der Waals surface area contributed by atoms with E-state index in [0.29, 0.717) is 11.0 Å². The van der Waals surface area contributed by atoms with E-state index in [1.165, 1.54) is 6.20 Å². The van der Waals surface area contributed by atoms with Gasteiger partial charge in [0.15, 0.2) is 0 Å². The van der Waals surface area contributed by atoms with Crippen molar-refractivity contribution in [2.24, 2.45) is 0 Å². The van der Waals surface area contributed by atoms with Gasteiger partial charge in [0, 0.05) is 6.20 Å². The van der Waals surface area contributed by atoms with Crippen molar-refractivity contribution in [2.75, 3.05) is 0 Å². The highest BCUT2D eigenvalue weighted by Gasteiger charge is 2.09. The molecule has 1 N–H and O–H groups in total. The maximum Gasteiger partial charge on any atom is 0.243 e. The van der Waals surface area contributed by atoms with E-state index in [2.05, 4.69) is 4.72 Å². The highest BCUT2D eigenvalue weighted by atomic mass is 33.1. The smallest absolute Gasteiger partial charge is 0.243 e. The minimum Gasteiger partial charge on any atom is -0.323 e. The van der Waals surface area contributed by atoms with E-state index in [1.807, 2.05) is 0 Å². The van der Waals surface area contributed by atoms with Crippen LogP contribution in [0.2, 0.25) is 0 Å². The van der Waals surface area contributed by atoms with Gasteiger partial charge in [-0.3, -0.25) is 0 Å². The average molecular weight is 137 g/mol. The number of nitrogens with one attached hydrogen (secondary N) is 1. The molecule has 0 amide bonds. The molecule has 0 aliphatic carbocycles. The Morgan fingerprint density at radius 3 is 2.43 bits per heavy atom. The third-order valence-corrected chi connectivity index (χ3v) is 2.72. The van der Waals surface area contributed by atoms with Gasteiger partial charge in [-0.25, -0.2) is 8.42 Å². The molecule has 0 saturated carbocycles. The lowest BCUT2D eigenvalue weighted by atomic mass is 11.1. The summed E-state index contributed by atoms with van der Waals surface area (Å²) in [6.07, 6.45) is 1.39. The maximum absolute atomic E-state index is 10.2. The van der Waals surface area contributed by atoms with Crippen LogP contribution in [0.25, 0.3) is 0 Å². The second kappa shape index (κ2) is 1.41. The summed E-state index contributed by atoms with van der Waals surface area (Å²) in [5.41, 5.74) is 0. The molecule has 0 atom stereocenters. The Labute approximate surface area is 45.2 Å². The van der Waals surface area contributed by atoms with Crippen LogP contribution in [0.3, 0.4) is 0 Å². The summed E-state index contributed by atoms with van der Waals surface area (Å²) in [5, 5.41) is 1.12. The Balaban J connectivity index is 2.99. The first-order valence-corrected chi connectivity index (χ1v) is 4.44. The fourth-order valence-corrected chi connectivity index (χ4v) is 1.77. The molecule has 0 unspecified atom stereocenters. The van der Waals surface area contributed by atoms with Crippen LogP contribution in [-0.2, 0) is 8.87 Å². The zero-order valence-electron chi connectivity index (χ0n) is 3.29. The fourth-order valence-electron chi connectivity index (χ4n) is 0.234. The van der Waals surface area contributed by atoms with Crippen LogP contribution in [0.4, 0.5) is 0 Å². The summed E-state index contributed by atoms with van der Waals surface area (Å²) in [4.78, 5) is 0. The van der Waals surface area contributed by atoms with Crippen molar-refractivity contribution in [1.29, 1.82) is 0 Å². The van der Waals surface area contributed by atoms with Crippen LogP contribution in [0, 0.1) is 0 Å². The summed E-state index contributed by atoms with van der Waals surface area (Å²) in [6, 6.07) is 0. The van der Waals surface area contributed by atoms with E-state index in [4.69, 9.17) is 0 Å². The first kappa shape index (κ1) is 4.99. The molecule has 0 bridgehead atoms. The molecule has 40 valence electrons. The number of hydrogen-bond donors (Lipinski definition) is 1. The summed E-state index contributed by atoms with van der Waals surface area (Å²) in [7, 11) is -2.21. The first-order chi connectivity index (χ1) is 3.21. The van der Waals surface area contributed by atoms with Crippen LogP contribution >= 0.6 is 11.0 Å². The van der Waals surface area contributed by atoms with E-state index >= 15 is 0 Å². The van der Waals surface area contributed by atoms with Gasteiger partial charge in [0.1, 0.15) is 0 Å². The molecule has 0 radical (unpaired) electrons. The lowest BCUT2D eigenvalue weighted by Crippen LogP contribution is -1.85. The second-order valence-corrected chi connectivity index (χ2v) is 4.55. The van der Waals surface area contributed by atoms with Crippen molar-refractivity contribution in [2.45, 2.75) is 0 Å². The Morgan fingerprint density at radius 1 is 1.57 bits per heavy atom. The van der Waals surface area contributed by atoms with E-state index in [9.17, 15) is 8.42 Å². The number of rotatable bonds is 0. The van der Waals surface area contributed by atoms with Gasteiger partial charge in [0.2, 0.25) is 8.87 Å². The molecular formula is C2H3NO2S2.